The molecule has 7 heteroatoms. The molecule has 0 aromatic heterocycles. The van der Waals surface area contributed by atoms with Crippen LogP contribution in [-0.2, 0) is 17.5 Å². The number of hydrogen-bond donors (Lipinski definition) is 1. The minimum absolute atomic E-state index is 0.0808. The number of urea groups is 1. The first-order valence-corrected chi connectivity index (χ1v) is 8.63. The van der Waals surface area contributed by atoms with Gasteiger partial charge in [0.1, 0.15) is 0 Å². The number of halogens is 3. The van der Waals surface area contributed by atoms with Crippen LogP contribution in [0.2, 0.25) is 0 Å². The maximum absolute atomic E-state index is 13.0. The molecule has 0 unspecified atom stereocenters. The van der Waals surface area contributed by atoms with E-state index in [2.05, 4.69) is 5.32 Å². The summed E-state index contributed by atoms with van der Waals surface area (Å²) in [7, 11) is 1.48. The summed E-state index contributed by atoms with van der Waals surface area (Å²) in [6.07, 6.45) is 1.25. The van der Waals surface area contributed by atoms with Gasteiger partial charge in [-0.1, -0.05) is 31.0 Å². The molecule has 1 aliphatic rings. The second-order valence-corrected chi connectivity index (χ2v) is 6.37. The molecule has 1 aliphatic carbocycles. The number of hydrogen-bond acceptors (Lipinski definition) is 2. The summed E-state index contributed by atoms with van der Waals surface area (Å²) in [5.74, 6) is 0. The second-order valence-electron chi connectivity index (χ2n) is 6.37. The predicted molar refractivity (Wildman–Crippen MR) is 89.1 cm³/mol. The van der Waals surface area contributed by atoms with Gasteiger partial charge in [0.15, 0.2) is 0 Å². The Morgan fingerprint density at radius 2 is 1.96 bits per heavy atom. The van der Waals surface area contributed by atoms with Crippen LogP contribution >= 0.6 is 0 Å². The fourth-order valence-electron chi connectivity index (χ4n) is 2.97. The third-order valence-corrected chi connectivity index (χ3v) is 4.33. The summed E-state index contributed by atoms with van der Waals surface area (Å²) in [4.78, 5) is 13.3. The third-order valence-electron chi connectivity index (χ3n) is 4.33. The minimum Gasteiger partial charge on any atom is -0.378 e. The average molecular weight is 358 g/mol. The lowest BCUT2D eigenvalue weighted by Gasteiger charge is -2.20. The van der Waals surface area contributed by atoms with E-state index < -0.39 is 17.8 Å². The molecule has 0 saturated heterocycles. The average Bonchev–Trinajstić information content (AvgIpc) is 3.07. The van der Waals surface area contributed by atoms with E-state index in [0.717, 1.165) is 18.9 Å². The molecule has 2 rings (SSSR count). The molecule has 0 bridgehead atoms. The highest BCUT2D eigenvalue weighted by atomic mass is 19.4. The number of nitrogens with one attached hydrogen (secondary N) is 1. The van der Waals surface area contributed by atoms with Crippen molar-refractivity contribution in [3.05, 3.63) is 35.4 Å². The molecule has 0 aliphatic heterocycles. The van der Waals surface area contributed by atoms with Crippen molar-refractivity contribution in [2.75, 3.05) is 20.2 Å². The first kappa shape index (κ1) is 19.6. The van der Waals surface area contributed by atoms with E-state index in [4.69, 9.17) is 4.74 Å². The van der Waals surface area contributed by atoms with Crippen LogP contribution in [0, 0.1) is 0 Å². The highest BCUT2D eigenvalue weighted by Crippen LogP contribution is 2.32. The SMILES string of the molecule is CN(Cc1ccccc1C(F)(F)F)C(=O)NCCCOC1CCCC1. The largest absolute Gasteiger partial charge is 0.416 e. The van der Waals surface area contributed by atoms with Crippen LogP contribution in [0.4, 0.5) is 18.0 Å². The number of ether oxygens (including phenoxy) is 1. The highest BCUT2D eigenvalue weighted by molar-refractivity contribution is 5.73. The van der Waals surface area contributed by atoms with Gasteiger partial charge in [0.2, 0.25) is 0 Å². The van der Waals surface area contributed by atoms with Gasteiger partial charge in [0.05, 0.1) is 11.7 Å². The first-order valence-electron chi connectivity index (χ1n) is 8.63. The van der Waals surface area contributed by atoms with Crippen LogP contribution < -0.4 is 5.32 Å². The third kappa shape index (κ3) is 6.23. The number of amides is 2. The Bertz CT molecular complexity index is 557. The summed E-state index contributed by atoms with van der Waals surface area (Å²) in [5.41, 5.74) is -0.628. The Balaban J connectivity index is 1.73. The molecule has 4 nitrogen and oxygen atoms in total. The molecule has 0 radical (unpaired) electrons. The van der Waals surface area contributed by atoms with Crippen molar-refractivity contribution < 1.29 is 22.7 Å². The fourth-order valence-corrected chi connectivity index (χ4v) is 2.97. The van der Waals surface area contributed by atoms with Crippen LogP contribution in [-0.4, -0.2) is 37.2 Å². The van der Waals surface area contributed by atoms with Gasteiger partial charge in [-0.3, -0.25) is 0 Å². The topological polar surface area (TPSA) is 41.6 Å². The minimum atomic E-state index is -4.43. The standard InChI is InChI=1S/C18H25F3N2O2/c1-23(13-14-7-2-5-10-16(14)18(19,20)21)17(24)22-11-6-12-25-15-8-3-4-9-15/h2,5,7,10,15H,3-4,6,8-9,11-13H2,1H3,(H,22,24). The zero-order valence-corrected chi connectivity index (χ0v) is 14.4. The number of rotatable bonds is 7. The van der Waals surface area contributed by atoms with Crippen LogP contribution in [0.15, 0.2) is 24.3 Å². The zero-order chi connectivity index (χ0) is 18.3. The van der Waals surface area contributed by atoms with Gasteiger partial charge in [0, 0.05) is 26.7 Å². The van der Waals surface area contributed by atoms with Gasteiger partial charge in [-0.2, -0.15) is 13.2 Å². The Kier molecular flexibility index (Phi) is 7.11. The van der Waals surface area contributed by atoms with Crippen LogP contribution in [0.3, 0.4) is 0 Å². The highest BCUT2D eigenvalue weighted by Gasteiger charge is 2.33. The molecule has 1 aromatic carbocycles. The van der Waals surface area contributed by atoms with E-state index in [-0.39, 0.29) is 12.1 Å². The van der Waals surface area contributed by atoms with Crippen molar-refractivity contribution in [1.29, 1.82) is 0 Å². The normalized spacial score (nSPS) is 15.4. The number of carbonyl (C=O) groups excluding carboxylic acids is 1. The molecule has 2 amide bonds. The zero-order valence-electron chi connectivity index (χ0n) is 14.4. The summed E-state index contributed by atoms with van der Waals surface area (Å²) in [6.45, 7) is 0.933. The molecule has 25 heavy (non-hydrogen) atoms. The molecular weight excluding hydrogens is 333 g/mol. The van der Waals surface area contributed by atoms with Crippen molar-refractivity contribution in [3.63, 3.8) is 0 Å². The number of carbonyl (C=O) groups is 1. The summed E-state index contributed by atoms with van der Waals surface area (Å²) < 4.78 is 44.7. The van der Waals surface area contributed by atoms with Crippen molar-refractivity contribution in [2.24, 2.45) is 0 Å². The summed E-state index contributed by atoms with van der Waals surface area (Å²) >= 11 is 0. The van der Waals surface area contributed by atoms with Gasteiger partial charge in [-0.05, 0) is 30.9 Å². The van der Waals surface area contributed by atoms with Crippen molar-refractivity contribution in [2.45, 2.75) is 50.9 Å². The lowest BCUT2D eigenvalue weighted by atomic mass is 10.1. The lowest BCUT2D eigenvalue weighted by Crippen LogP contribution is -2.38. The molecule has 0 spiro atoms. The Morgan fingerprint density at radius 3 is 2.64 bits per heavy atom. The van der Waals surface area contributed by atoms with Crippen LogP contribution in [0.5, 0.6) is 0 Å². The number of nitrogens with zero attached hydrogens (tertiary/aromatic N) is 1. The molecule has 1 aromatic rings. The number of benzene rings is 1. The van der Waals surface area contributed by atoms with Gasteiger partial charge >= 0.3 is 12.2 Å². The van der Waals surface area contributed by atoms with E-state index in [9.17, 15) is 18.0 Å². The van der Waals surface area contributed by atoms with E-state index in [1.54, 1.807) is 0 Å². The first-order chi connectivity index (χ1) is 11.9. The molecule has 0 heterocycles. The summed E-state index contributed by atoms with van der Waals surface area (Å²) in [6, 6.07) is 4.91. The van der Waals surface area contributed by atoms with Gasteiger partial charge in [0.25, 0.3) is 0 Å². The van der Waals surface area contributed by atoms with E-state index in [1.807, 2.05) is 0 Å². The molecule has 1 saturated carbocycles. The predicted octanol–water partition coefficient (Wildman–Crippen LogP) is 4.20. The van der Waals surface area contributed by atoms with Gasteiger partial charge in [-0.25, -0.2) is 4.79 Å². The second kappa shape index (κ2) is 9.08. The Hall–Kier alpha value is -1.76. The van der Waals surface area contributed by atoms with Gasteiger partial charge in [-0.15, -0.1) is 0 Å². The molecule has 0 atom stereocenters. The van der Waals surface area contributed by atoms with Crippen molar-refractivity contribution >= 4 is 6.03 Å². The maximum atomic E-state index is 13.0. The molecule has 1 N–H and O–H groups in total. The van der Waals surface area contributed by atoms with Gasteiger partial charge < -0.3 is 15.0 Å². The van der Waals surface area contributed by atoms with Crippen molar-refractivity contribution in [3.8, 4) is 0 Å². The van der Waals surface area contributed by atoms with E-state index >= 15 is 0 Å². The molecular formula is C18H25F3N2O2. The fraction of sp³-hybridized carbons (Fsp3) is 0.611. The Labute approximate surface area is 146 Å². The lowest BCUT2D eigenvalue weighted by molar-refractivity contribution is -0.138. The van der Waals surface area contributed by atoms with Crippen molar-refractivity contribution in [1.82, 2.24) is 10.2 Å². The molecule has 1 fully saturated rings. The van der Waals surface area contributed by atoms with Crippen LogP contribution in [0.25, 0.3) is 0 Å². The van der Waals surface area contributed by atoms with Crippen LogP contribution in [0.1, 0.15) is 43.2 Å². The van der Waals surface area contributed by atoms with E-state index in [1.165, 1.54) is 43.0 Å². The number of alkyl halides is 3. The smallest absolute Gasteiger partial charge is 0.378 e. The Morgan fingerprint density at radius 1 is 1.28 bits per heavy atom. The quantitative estimate of drug-likeness (QED) is 0.743. The molecule has 140 valence electrons. The monoisotopic (exact) mass is 358 g/mol. The maximum Gasteiger partial charge on any atom is 0.416 e. The van der Waals surface area contributed by atoms with E-state index in [0.29, 0.717) is 25.7 Å². The summed E-state index contributed by atoms with van der Waals surface area (Å²) in [5, 5.41) is 2.71.